The first kappa shape index (κ1) is 72.7. The Morgan fingerprint density at radius 2 is 1.00 bits per heavy atom. The monoisotopic (exact) mass is 1440 g/mol. The summed E-state index contributed by atoms with van der Waals surface area (Å²) < 4.78 is 131. The first-order chi connectivity index (χ1) is 47.1. The van der Waals surface area contributed by atoms with E-state index < -0.39 is 42.9 Å². The van der Waals surface area contributed by atoms with Crippen LogP contribution in [0, 0.1) is 23.3 Å². The Morgan fingerprint density at radius 1 is 0.566 bits per heavy atom. The molecule has 9 aromatic heterocycles. The number of anilines is 7. The number of hydrogen-bond donors (Lipinski definition) is 6. The summed E-state index contributed by atoms with van der Waals surface area (Å²) in [5.41, 5.74) is 18.1. The Labute approximate surface area is 567 Å². The van der Waals surface area contributed by atoms with Gasteiger partial charge in [-0.1, -0.05) is 0 Å². The van der Waals surface area contributed by atoms with Crippen LogP contribution in [0.3, 0.4) is 0 Å². The van der Waals surface area contributed by atoms with E-state index in [1.54, 1.807) is 36.4 Å². The lowest BCUT2D eigenvalue weighted by atomic mass is 10.1. The van der Waals surface area contributed by atoms with E-state index in [-0.39, 0.29) is 103 Å². The molecule has 11 heterocycles. The number of carbonyl (C=O) groups excluding carboxylic acids is 1. The van der Waals surface area contributed by atoms with Crippen LogP contribution in [0.4, 0.5) is 58.7 Å². The molecule has 0 amide bonds. The minimum atomic E-state index is -3.26. The third-order valence-corrected chi connectivity index (χ3v) is 16.2. The second-order valence-electron chi connectivity index (χ2n) is 21.8. The predicted octanol–water partition coefficient (Wildman–Crippen LogP) is 4.36. The molecule has 34 nitrogen and oxygen atoms in total. The van der Waals surface area contributed by atoms with Gasteiger partial charge in [0.1, 0.15) is 37.0 Å². The van der Waals surface area contributed by atoms with Crippen molar-refractivity contribution in [2.75, 3.05) is 140 Å². The number of carbonyl (C=O) groups is 1. The SMILES string of the molecule is CS(=O)(=O)CCOc1cc(N2CCCCC2)c(F)cc1F.CS(=O)(=O)CCOc1cc(N2CCN(CCCc3nc(N)n4nc(-c5ccco5)nc4n3)CC2)c(F)cc1F.Cl.Nc1nc(NCC=O)nc2nc(-c3ccco3)nn12.Nc1nc(NCCO)nc2nc(-c3ccco3)nn12. The Bertz CT molecular complexity index is 4720. The van der Waals surface area contributed by atoms with Crippen LogP contribution in [0.1, 0.15) is 31.5 Å². The van der Waals surface area contributed by atoms with Crippen molar-refractivity contribution >= 4 is 96.8 Å². The largest absolute Gasteiger partial charge is 0.489 e. The zero-order chi connectivity index (χ0) is 69.5. The molecular formula is C58H68ClF4N23O11S2. The van der Waals surface area contributed by atoms with Crippen LogP contribution >= 0.6 is 12.4 Å². The molecule has 0 bridgehead atoms. The first-order valence-electron chi connectivity index (χ1n) is 30.2. The summed E-state index contributed by atoms with van der Waals surface area (Å²) in [6.45, 7) is 4.70. The number of hydrogen-bond acceptors (Lipinski definition) is 31. The van der Waals surface area contributed by atoms with E-state index in [0.29, 0.717) is 103 Å². The van der Waals surface area contributed by atoms with Gasteiger partial charge in [-0.2, -0.15) is 58.4 Å². The fourth-order valence-corrected chi connectivity index (χ4v) is 10.5. The standard InChI is InChI=1S/C24H28F2N8O4S.C14H19F2NO3S.C10H11N7O2.C10H9N7O2.ClH/c1-39(35,36)13-12-38-20-15-18(16(25)14-17(20)26)33-9-7-32(8-10-33)6-2-5-21-28-23(27)34-24(29-21)30-22(31-34)19-4-3-11-37-19;1-21(18,19)8-7-20-14-10-13(11(15)9-12(14)16)17-5-3-2-4-6-17;2*11-8-14-9(12-3-4-18)15-10-13-7(16-17(8)10)6-2-1-5-19-6;/h3-4,11,14-15H,2,5-10,12-13H2,1H3,(H2,27,28,29,30,31);9-10H,2-8H2,1H3;1-2,5,18H,3-4H2,(H3,11,12,13,14,15,16);1-2,4-5H,3H2,(H3,11,12,13,14,15,16);1H. The topological polar surface area (TPSA) is 443 Å². The number of aromatic nitrogens is 15. The van der Waals surface area contributed by atoms with Crippen LogP contribution in [0.5, 0.6) is 11.5 Å². The van der Waals surface area contributed by atoms with Crippen molar-refractivity contribution in [3.63, 3.8) is 0 Å². The lowest BCUT2D eigenvalue weighted by molar-refractivity contribution is -0.106. The minimum absolute atomic E-state index is 0. The number of benzene rings is 2. The quantitative estimate of drug-likeness (QED) is 0.0383. The van der Waals surface area contributed by atoms with Gasteiger partial charge in [-0.05, 0) is 68.6 Å². The molecule has 0 atom stereocenters. The van der Waals surface area contributed by atoms with E-state index in [1.165, 1.54) is 44.5 Å². The highest BCUT2D eigenvalue weighted by atomic mass is 35.5. The average Bonchev–Trinajstić information content (AvgIpc) is 1.75. The highest BCUT2D eigenvalue weighted by molar-refractivity contribution is 7.90. The maximum atomic E-state index is 14.6. The highest BCUT2D eigenvalue weighted by Crippen LogP contribution is 2.32. The molecule has 0 spiro atoms. The fourth-order valence-electron chi connectivity index (χ4n) is 9.72. The minimum Gasteiger partial charge on any atom is -0.489 e. The maximum Gasteiger partial charge on any atom is 0.259 e. The number of nitrogens with zero attached hydrogens (tertiary/aromatic N) is 18. The van der Waals surface area contributed by atoms with Crippen LogP contribution in [0.25, 0.3) is 52.1 Å². The van der Waals surface area contributed by atoms with Gasteiger partial charge in [0.05, 0.1) is 54.8 Å². The summed E-state index contributed by atoms with van der Waals surface area (Å²) >= 11 is 0. The number of nitrogens with one attached hydrogen (secondary N) is 2. The number of aliphatic hydroxyl groups excluding tert-OH is 1. The summed E-state index contributed by atoms with van der Waals surface area (Å²) in [5.74, 6) is 1.37. The van der Waals surface area contributed by atoms with Crippen molar-refractivity contribution in [3.05, 3.63) is 109 Å². The summed E-state index contributed by atoms with van der Waals surface area (Å²) in [6, 6.07) is 14.6. The lowest BCUT2D eigenvalue weighted by Crippen LogP contribution is -2.47. The molecule has 2 aliphatic rings. The van der Waals surface area contributed by atoms with E-state index in [0.717, 1.165) is 70.0 Å². The van der Waals surface area contributed by atoms with E-state index in [4.69, 9.17) is 45.0 Å². The third kappa shape index (κ3) is 19.6. The summed E-state index contributed by atoms with van der Waals surface area (Å²) in [5, 5.41) is 26.8. The fraction of sp³-hybridized carbons (Fsp3) is 0.362. The molecule has 11 aromatic rings. The number of furan rings is 3. The van der Waals surface area contributed by atoms with Gasteiger partial charge < -0.3 is 70.3 Å². The van der Waals surface area contributed by atoms with Crippen molar-refractivity contribution in [1.29, 1.82) is 0 Å². The molecule has 0 aliphatic carbocycles. The molecule has 0 radical (unpaired) electrons. The van der Waals surface area contributed by atoms with Gasteiger partial charge in [-0.25, -0.2) is 34.4 Å². The van der Waals surface area contributed by atoms with Crippen LogP contribution in [-0.2, 0) is 30.9 Å². The van der Waals surface area contributed by atoms with E-state index in [1.807, 2.05) is 9.80 Å². The Balaban J connectivity index is 0.000000163. The number of aliphatic hydroxyl groups is 1. The Hall–Kier alpha value is -10.6. The zero-order valence-corrected chi connectivity index (χ0v) is 55.5. The summed E-state index contributed by atoms with van der Waals surface area (Å²) in [6.07, 6.45) is 11.9. The molecular weight excluding hydrogens is 1370 g/mol. The second kappa shape index (κ2) is 33.1. The third-order valence-electron chi connectivity index (χ3n) is 14.4. The maximum absolute atomic E-state index is 14.6. The number of halogens is 5. The second-order valence-corrected chi connectivity index (χ2v) is 26.3. The Morgan fingerprint density at radius 3 is 1.42 bits per heavy atom. The highest BCUT2D eigenvalue weighted by Gasteiger charge is 2.24. The van der Waals surface area contributed by atoms with E-state index >= 15 is 0 Å². The van der Waals surface area contributed by atoms with Crippen molar-refractivity contribution in [1.82, 2.24) is 78.6 Å². The molecule has 9 N–H and O–H groups in total. The number of aldehydes is 1. The molecule has 2 aromatic carbocycles. The zero-order valence-electron chi connectivity index (χ0n) is 53.1. The van der Waals surface area contributed by atoms with Crippen LogP contribution in [0.15, 0.2) is 92.7 Å². The van der Waals surface area contributed by atoms with Crippen molar-refractivity contribution in [2.24, 2.45) is 0 Å². The van der Waals surface area contributed by atoms with Crippen LogP contribution in [-0.4, -0.2) is 210 Å². The summed E-state index contributed by atoms with van der Waals surface area (Å²) in [7, 11) is -6.44. The lowest BCUT2D eigenvalue weighted by Gasteiger charge is -2.36. The van der Waals surface area contributed by atoms with Gasteiger partial charge in [-0.3, -0.25) is 4.90 Å². The number of sulfone groups is 2. The summed E-state index contributed by atoms with van der Waals surface area (Å²) in [4.78, 5) is 54.0. The number of piperazine rings is 1. The van der Waals surface area contributed by atoms with Gasteiger partial charge in [0, 0.05) is 89.0 Å². The molecule has 99 heavy (non-hydrogen) atoms. The van der Waals surface area contributed by atoms with Gasteiger partial charge in [0.2, 0.25) is 47.2 Å². The van der Waals surface area contributed by atoms with Gasteiger partial charge >= 0.3 is 0 Å². The number of rotatable bonds is 23. The number of aryl methyl sites for hydroxylation is 1. The molecule has 2 aliphatic heterocycles. The molecule has 0 saturated carbocycles. The van der Waals surface area contributed by atoms with E-state index in [9.17, 15) is 39.2 Å². The smallest absolute Gasteiger partial charge is 0.259 e. The number of ether oxygens (including phenoxy) is 2. The number of nitrogens with two attached hydrogens (primary N) is 3. The van der Waals surface area contributed by atoms with Gasteiger partial charge in [0.25, 0.3) is 17.3 Å². The first-order valence-corrected chi connectivity index (χ1v) is 34.4. The molecule has 0 unspecified atom stereocenters. The van der Waals surface area contributed by atoms with Gasteiger partial charge in [0.15, 0.2) is 60.1 Å². The van der Waals surface area contributed by atoms with Crippen molar-refractivity contribution < 1.29 is 67.0 Å². The molecule has 2 saturated heterocycles. The van der Waals surface area contributed by atoms with Gasteiger partial charge in [-0.15, -0.1) is 27.7 Å². The van der Waals surface area contributed by atoms with Crippen LogP contribution in [0.2, 0.25) is 0 Å². The molecule has 13 rings (SSSR count). The number of piperidine rings is 1. The predicted molar refractivity (Wildman–Crippen MR) is 356 cm³/mol. The van der Waals surface area contributed by atoms with Crippen molar-refractivity contribution in [3.8, 4) is 46.3 Å². The number of fused-ring (bicyclic) bond motifs is 3. The van der Waals surface area contributed by atoms with Crippen LogP contribution < -0.4 is 47.1 Å². The normalized spacial score (nSPS) is 13.4. The van der Waals surface area contributed by atoms with E-state index in [2.05, 4.69) is 75.7 Å². The average molecular weight is 1440 g/mol. The molecule has 2 fully saturated rings. The Kier molecular flexibility index (Phi) is 24.3. The molecule has 41 heteroatoms. The van der Waals surface area contributed by atoms with Crippen molar-refractivity contribution in [2.45, 2.75) is 32.1 Å². The molecule has 528 valence electrons. The number of nitrogen functional groups attached to an aromatic ring is 3.